The summed E-state index contributed by atoms with van der Waals surface area (Å²) in [6, 6.07) is 1.55. The van der Waals surface area contributed by atoms with Gasteiger partial charge in [0.05, 0.1) is 5.69 Å². The quantitative estimate of drug-likeness (QED) is 0.839. The molecule has 0 spiro atoms. The molecule has 0 aliphatic rings. The number of amides is 1. The molecule has 0 unspecified atom stereocenters. The summed E-state index contributed by atoms with van der Waals surface area (Å²) < 4.78 is 4.92. The molecule has 1 heterocycles. The van der Waals surface area contributed by atoms with Crippen molar-refractivity contribution in [3.8, 4) is 0 Å². The standard InChI is InChI=1S/C11H16N2O4/c1-4-13(6-10(14)15)11(16)9-5-8(7(2)3)12-17-9/h5,7H,4,6H2,1-3H3,(H,14,15). The third-order valence-electron chi connectivity index (χ3n) is 2.33. The second-order valence-corrected chi connectivity index (χ2v) is 3.98. The fourth-order valence-corrected chi connectivity index (χ4v) is 1.31. The van der Waals surface area contributed by atoms with Crippen molar-refractivity contribution in [2.24, 2.45) is 0 Å². The van der Waals surface area contributed by atoms with E-state index in [1.807, 2.05) is 13.8 Å². The van der Waals surface area contributed by atoms with Gasteiger partial charge in [0.2, 0.25) is 5.76 Å². The Hall–Kier alpha value is -1.85. The average molecular weight is 240 g/mol. The fourth-order valence-electron chi connectivity index (χ4n) is 1.31. The normalized spacial score (nSPS) is 10.6. The van der Waals surface area contributed by atoms with Crippen LogP contribution < -0.4 is 0 Å². The van der Waals surface area contributed by atoms with Gasteiger partial charge < -0.3 is 14.5 Å². The first kappa shape index (κ1) is 13.2. The summed E-state index contributed by atoms with van der Waals surface area (Å²) in [5, 5.41) is 12.4. The molecule has 0 atom stereocenters. The van der Waals surface area contributed by atoms with Crippen molar-refractivity contribution < 1.29 is 19.2 Å². The molecule has 1 amide bonds. The highest BCUT2D eigenvalue weighted by Gasteiger charge is 2.21. The minimum atomic E-state index is -1.05. The first-order valence-electron chi connectivity index (χ1n) is 5.43. The fraction of sp³-hybridized carbons (Fsp3) is 0.545. The number of carbonyl (C=O) groups is 2. The predicted octanol–water partition coefficient (Wildman–Crippen LogP) is 1.34. The lowest BCUT2D eigenvalue weighted by Crippen LogP contribution is -2.35. The van der Waals surface area contributed by atoms with Crippen molar-refractivity contribution in [3.05, 3.63) is 17.5 Å². The van der Waals surface area contributed by atoms with Crippen LogP contribution in [0.4, 0.5) is 0 Å². The zero-order valence-corrected chi connectivity index (χ0v) is 10.1. The summed E-state index contributed by atoms with van der Waals surface area (Å²) in [6.07, 6.45) is 0. The van der Waals surface area contributed by atoms with E-state index in [1.54, 1.807) is 13.0 Å². The Kier molecular flexibility index (Phi) is 4.25. The summed E-state index contributed by atoms with van der Waals surface area (Å²) in [5.74, 6) is -1.26. The third kappa shape index (κ3) is 3.30. The van der Waals surface area contributed by atoms with E-state index in [0.717, 1.165) is 0 Å². The molecular weight excluding hydrogens is 224 g/mol. The van der Waals surface area contributed by atoms with Crippen LogP contribution in [0.1, 0.15) is 42.9 Å². The van der Waals surface area contributed by atoms with Gasteiger partial charge >= 0.3 is 5.97 Å². The van der Waals surface area contributed by atoms with E-state index in [2.05, 4.69) is 5.16 Å². The number of carboxylic acid groups (broad SMARTS) is 1. The molecule has 1 aromatic heterocycles. The van der Waals surface area contributed by atoms with Crippen LogP contribution >= 0.6 is 0 Å². The van der Waals surface area contributed by atoms with Crippen LogP contribution in [-0.2, 0) is 4.79 Å². The first-order chi connectivity index (χ1) is 7.95. The lowest BCUT2D eigenvalue weighted by atomic mass is 10.1. The molecule has 1 N–H and O–H groups in total. The van der Waals surface area contributed by atoms with Gasteiger partial charge in [0.15, 0.2) is 0 Å². The molecule has 0 radical (unpaired) electrons. The molecule has 6 nitrogen and oxygen atoms in total. The molecule has 0 saturated carbocycles. The SMILES string of the molecule is CCN(CC(=O)O)C(=O)c1cc(C(C)C)no1. The summed E-state index contributed by atoms with van der Waals surface area (Å²) >= 11 is 0. The van der Waals surface area contributed by atoms with Crippen LogP contribution in [0.5, 0.6) is 0 Å². The number of aromatic nitrogens is 1. The number of carbonyl (C=O) groups excluding carboxylic acids is 1. The van der Waals surface area contributed by atoms with Gasteiger partial charge in [-0.15, -0.1) is 0 Å². The molecular formula is C11H16N2O4. The topological polar surface area (TPSA) is 83.6 Å². The van der Waals surface area contributed by atoms with E-state index in [-0.39, 0.29) is 18.2 Å². The number of nitrogens with zero attached hydrogens (tertiary/aromatic N) is 2. The monoisotopic (exact) mass is 240 g/mol. The van der Waals surface area contributed by atoms with Crippen LogP contribution in [-0.4, -0.2) is 40.1 Å². The lowest BCUT2D eigenvalue weighted by molar-refractivity contribution is -0.137. The first-order valence-corrected chi connectivity index (χ1v) is 5.43. The highest BCUT2D eigenvalue weighted by molar-refractivity contribution is 5.93. The van der Waals surface area contributed by atoms with Gasteiger partial charge in [0.1, 0.15) is 6.54 Å². The minimum Gasteiger partial charge on any atom is -0.480 e. The Morgan fingerprint density at radius 3 is 2.59 bits per heavy atom. The highest BCUT2D eigenvalue weighted by Crippen LogP contribution is 2.15. The van der Waals surface area contributed by atoms with Crippen molar-refractivity contribution in [3.63, 3.8) is 0 Å². The smallest absolute Gasteiger partial charge is 0.323 e. The maximum Gasteiger partial charge on any atom is 0.323 e. The second kappa shape index (κ2) is 5.47. The van der Waals surface area contributed by atoms with Gasteiger partial charge in [-0.1, -0.05) is 19.0 Å². The van der Waals surface area contributed by atoms with Crippen molar-refractivity contribution in [2.45, 2.75) is 26.7 Å². The predicted molar refractivity (Wildman–Crippen MR) is 59.8 cm³/mol. The van der Waals surface area contributed by atoms with Crippen LogP contribution in [0.3, 0.4) is 0 Å². The average Bonchev–Trinajstić information content (AvgIpc) is 2.73. The highest BCUT2D eigenvalue weighted by atomic mass is 16.5. The molecule has 0 aromatic carbocycles. The van der Waals surface area contributed by atoms with E-state index >= 15 is 0 Å². The number of rotatable bonds is 5. The van der Waals surface area contributed by atoms with Crippen LogP contribution in [0, 0.1) is 0 Å². The Labute approximate surface area is 99.2 Å². The summed E-state index contributed by atoms with van der Waals surface area (Å²) in [5.41, 5.74) is 0.680. The Morgan fingerprint density at radius 2 is 2.18 bits per heavy atom. The van der Waals surface area contributed by atoms with E-state index in [4.69, 9.17) is 9.63 Å². The minimum absolute atomic E-state index is 0.0804. The Balaban J connectivity index is 2.82. The van der Waals surface area contributed by atoms with Crippen LogP contribution in [0.2, 0.25) is 0 Å². The Morgan fingerprint density at radius 1 is 1.53 bits per heavy atom. The van der Waals surface area contributed by atoms with Gasteiger partial charge in [0, 0.05) is 12.6 Å². The molecule has 0 saturated heterocycles. The van der Waals surface area contributed by atoms with Crippen LogP contribution in [0.15, 0.2) is 10.6 Å². The zero-order valence-electron chi connectivity index (χ0n) is 10.1. The van der Waals surface area contributed by atoms with Gasteiger partial charge in [-0.25, -0.2) is 0 Å². The summed E-state index contributed by atoms with van der Waals surface area (Å²) in [7, 11) is 0. The molecule has 17 heavy (non-hydrogen) atoms. The molecule has 0 aliphatic heterocycles. The molecule has 0 bridgehead atoms. The molecule has 94 valence electrons. The molecule has 0 aliphatic carbocycles. The van der Waals surface area contributed by atoms with Gasteiger partial charge in [-0.05, 0) is 12.8 Å². The lowest BCUT2D eigenvalue weighted by Gasteiger charge is -2.16. The van der Waals surface area contributed by atoms with E-state index in [0.29, 0.717) is 12.2 Å². The maximum atomic E-state index is 11.9. The number of carboxylic acids is 1. The van der Waals surface area contributed by atoms with E-state index in [9.17, 15) is 9.59 Å². The summed E-state index contributed by atoms with van der Waals surface area (Å²) in [4.78, 5) is 23.6. The molecule has 1 aromatic rings. The number of hydrogen-bond acceptors (Lipinski definition) is 4. The second-order valence-electron chi connectivity index (χ2n) is 3.98. The Bertz CT molecular complexity index is 411. The zero-order chi connectivity index (χ0) is 13.0. The van der Waals surface area contributed by atoms with Crippen molar-refractivity contribution in [1.82, 2.24) is 10.1 Å². The molecule has 1 rings (SSSR count). The van der Waals surface area contributed by atoms with Gasteiger partial charge in [0.25, 0.3) is 5.91 Å². The van der Waals surface area contributed by atoms with E-state index < -0.39 is 11.9 Å². The maximum absolute atomic E-state index is 11.9. The number of aliphatic carboxylic acids is 1. The van der Waals surface area contributed by atoms with E-state index in [1.165, 1.54) is 4.90 Å². The largest absolute Gasteiger partial charge is 0.480 e. The summed E-state index contributed by atoms with van der Waals surface area (Å²) in [6.45, 7) is 5.54. The third-order valence-corrected chi connectivity index (χ3v) is 2.33. The van der Waals surface area contributed by atoms with Crippen molar-refractivity contribution >= 4 is 11.9 Å². The van der Waals surface area contributed by atoms with Crippen molar-refractivity contribution in [1.29, 1.82) is 0 Å². The molecule has 6 heteroatoms. The molecule has 0 fully saturated rings. The van der Waals surface area contributed by atoms with Crippen LogP contribution in [0.25, 0.3) is 0 Å². The van der Waals surface area contributed by atoms with Gasteiger partial charge in [-0.2, -0.15) is 0 Å². The number of likely N-dealkylation sites (N-methyl/N-ethyl adjacent to an activating group) is 1. The van der Waals surface area contributed by atoms with Crippen molar-refractivity contribution in [2.75, 3.05) is 13.1 Å². The number of hydrogen-bond donors (Lipinski definition) is 1. The van der Waals surface area contributed by atoms with Gasteiger partial charge in [-0.3, -0.25) is 9.59 Å².